The van der Waals surface area contributed by atoms with Gasteiger partial charge in [-0.1, -0.05) is 37.3 Å². The highest BCUT2D eigenvalue weighted by atomic mass is 16.2. The van der Waals surface area contributed by atoms with Crippen LogP contribution in [0.15, 0.2) is 48.4 Å². The van der Waals surface area contributed by atoms with Gasteiger partial charge in [-0.15, -0.1) is 0 Å². The summed E-state index contributed by atoms with van der Waals surface area (Å²) in [5, 5.41) is 9.72. The number of hydrogen-bond donors (Lipinski definition) is 1. The van der Waals surface area contributed by atoms with Crippen LogP contribution in [0.25, 0.3) is 0 Å². The lowest BCUT2D eigenvalue weighted by Gasteiger charge is -2.50. The van der Waals surface area contributed by atoms with Gasteiger partial charge in [0.1, 0.15) is 5.82 Å². The molecule has 1 heterocycles. The maximum atomic E-state index is 12.7. The molecule has 0 aliphatic heterocycles. The lowest BCUT2D eigenvalue weighted by Crippen LogP contribution is -2.51. The summed E-state index contributed by atoms with van der Waals surface area (Å²) >= 11 is 0. The van der Waals surface area contributed by atoms with Crippen molar-refractivity contribution in [3.63, 3.8) is 0 Å². The van der Waals surface area contributed by atoms with Gasteiger partial charge in [0.15, 0.2) is 5.78 Å². The van der Waals surface area contributed by atoms with E-state index in [4.69, 9.17) is 4.98 Å². The third kappa shape index (κ3) is 2.24. The molecule has 1 fully saturated rings. The number of aryl methyl sites for hydroxylation is 2. The number of benzene rings is 1. The minimum atomic E-state index is -0.384. The zero-order valence-corrected chi connectivity index (χ0v) is 14.6. The van der Waals surface area contributed by atoms with E-state index in [1.807, 2.05) is 38.2 Å². The number of nitrogens with zero attached hydrogens (tertiary/aromatic N) is 2. The lowest BCUT2D eigenvalue weighted by molar-refractivity contribution is -0.123. The summed E-state index contributed by atoms with van der Waals surface area (Å²) in [4.78, 5) is 21.9. The van der Waals surface area contributed by atoms with E-state index in [-0.39, 0.29) is 23.0 Å². The van der Waals surface area contributed by atoms with Crippen molar-refractivity contribution in [3.8, 4) is 0 Å². The summed E-state index contributed by atoms with van der Waals surface area (Å²) in [6.07, 6.45) is 5.25. The quantitative estimate of drug-likeness (QED) is 0.638. The van der Waals surface area contributed by atoms with Crippen molar-refractivity contribution in [1.29, 1.82) is 0 Å². The van der Waals surface area contributed by atoms with E-state index >= 15 is 0 Å². The maximum Gasteiger partial charge on any atom is 0.165 e. The van der Waals surface area contributed by atoms with Crippen molar-refractivity contribution in [2.45, 2.75) is 38.5 Å². The highest BCUT2D eigenvalue weighted by Crippen LogP contribution is 2.55. The van der Waals surface area contributed by atoms with E-state index in [2.05, 4.69) is 17.1 Å². The molecule has 128 valence electrons. The van der Waals surface area contributed by atoms with E-state index in [9.17, 15) is 9.90 Å². The fourth-order valence-corrected chi connectivity index (χ4v) is 4.85. The Morgan fingerprint density at radius 1 is 1.28 bits per heavy atom. The number of rotatable bonds is 1. The Morgan fingerprint density at radius 3 is 2.76 bits per heavy atom. The fraction of sp³-hybridized carbons (Fsp3) is 0.381. The lowest BCUT2D eigenvalue weighted by atomic mass is 9.52. The van der Waals surface area contributed by atoms with Crippen LogP contribution in [0.3, 0.4) is 0 Å². The summed E-state index contributed by atoms with van der Waals surface area (Å²) in [7, 11) is 0. The van der Waals surface area contributed by atoms with Crippen LogP contribution in [0.4, 0.5) is 0 Å². The van der Waals surface area contributed by atoms with Crippen molar-refractivity contribution >= 4 is 5.78 Å². The van der Waals surface area contributed by atoms with Crippen LogP contribution in [0.5, 0.6) is 0 Å². The van der Waals surface area contributed by atoms with Crippen LogP contribution in [-0.2, 0) is 16.6 Å². The number of Topliss-reactive ketones (excluding diaryl/α,β-unsaturated/α-hetero) is 1. The molecule has 0 radical (unpaired) electrons. The largest absolute Gasteiger partial charge is 0.515 e. The Kier molecular flexibility index (Phi) is 3.71. The number of hydrogen-bond acceptors (Lipinski definition) is 4. The van der Waals surface area contributed by atoms with E-state index in [1.165, 1.54) is 0 Å². The van der Waals surface area contributed by atoms with E-state index in [1.54, 1.807) is 0 Å². The van der Waals surface area contributed by atoms with Gasteiger partial charge in [-0.25, -0.2) is 9.97 Å². The molecule has 2 aromatic rings. The molecule has 1 saturated carbocycles. The summed E-state index contributed by atoms with van der Waals surface area (Å²) in [6.45, 7) is 3.90. The first-order valence-corrected chi connectivity index (χ1v) is 8.84. The molecule has 0 bridgehead atoms. The minimum absolute atomic E-state index is 0.0632. The predicted molar refractivity (Wildman–Crippen MR) is 95.3 cm³/mol. The van der Waals surface area contributed by atoms with Gasteiger partial charge < -0.3 is 5.11 Å². The molecule has 0 saturated heterocycles. The molecule has 4 rings (SSSR count). The summed E-state index contributed by atoms with van der Waals surface area (Å²) < 4.78 is 0. The number of fused-ring (bicyclic) bond motifs is 3. The topological polar surface area (TPSA) is 63.1 Å². The molecule has 0 spiro atoms. The first kappa shape index (κ1) is 16.0. The van der Waals surface area contributed by atoms with Gasteiger partial charge in [-0.2, -0.15) is 0 Å². The zero-order chi connectivity index (χ0) is 17.6. The standard InChI is InChI=1S/C21H22N2O2/c1-13-18-9-8-15-11-22-14(2)23-20(15)21(18,10-16(12-24)19(13)25)17-6-4-3-5-7-17/h3-7,11-13,18,24H,8-10H2,1-2H3/t13-,18-,21+/m0/s1. The molecule has 2 aliphatic rings. The highest BCUT2D eigenvalue weighted by Gasteiger charge is 2.54. The molecule has 3 atom stereocenters. The predicted octanol–water partition coefficient (Wildman–Crippen LogP) is 3.68. The van der Waals surface area contributed by atoms with Crippen LogP contribution in [0.1, 0.15) is 42.4 Å². The third-order valence-corrected chi connectivity index (χ3v) is 6.01. The van der Waals surface area contributed by atoms with Crippen molar-refractivity contribution in [3.05, 3.63) is 71.0 Å². The van der Waals surface area contributed by atoms with Gasteiger partial charge in [0.05, 0.1) is 12.0 Å². The van der Waals surface area contributed by atoms with E-state index < -0.39 is 0 Å². The van der Waals surface area contributed by atoms with Crippen LogP contribution >= 0.6 is 0 Å². The molecule has 1 aromatic heterocycles. The second-order valence-corrected chi connectivity index (χ2v) is 7.26. The monoisotopic (exact) mass is 334 g/mol. The molecule has 4 nitrogen and oxygen atoms in total. The fourth-order valence-electron chi connectivity index (χ4n) is 4.85. The van der Waals surface area contributed by atoms with Gasteiger partial charge >= 0.3 is 0 Å². The Labute approximate surface area is 147 Å². The maximum absolute atomic E-state index is 12.7. The van der Waals surface area contributed by atoms with E-state index in [0.29, 0.717) is 12.0 Å². The van der Waals surface area contributed by atoms with Crippen LogP contribution in [-0.4, -0.2) is 20.9 Å². The zero-order valence-electron chi connectivity index (χ0n) is 14.6. The Balaban J connectivity index is 2.03. The molecule has 1 aromatic carbocycles. The summed E-state index contributed by atoms with van der Waals surface area (Å²) in [5.41, 5.74) is 3.46. The Hall–Kier alpha value is -2.49. The van der Waals surface area contributed by atoms with Crippen molar-refractivity contribution in [2.24, 2.45) is 11.8 Å². The molecule has 0 unspecified atom stereocenters. The minimum Gasteiger partial charge on any atom is -0.515 e. The average molecular weight is 334 g/mol. The van der Waals surface area contributed by atoms with Crippen molar-refractivity contribution < 1.29 is 9.90 Å². The number of ketones is 1. The smallest absolute Gasteiger partial charge is 0.165 e. The molecule has 4 heteroatoms. The van der Waals surface area contributed by atoms with Crippen molar-refractivity contribution in [2.75, 3.05) is 0 Å². The highest BCUT2D eigenvalue weighted by molar-refractivity contribution is 5.98. The molecule has 25 heavy (non-hydrogen) atoms. The average Bonchev–Trinajstić information content (AvgIpc) is 2.65. The van der Waals surface area contributed by atoms with Crippen LogP contribution in [0.2, 0.25) is 0 Å². The SMILES string of the molecule is Cc1ncc2c(n1)[C@@]1(c3ccccc3)CC(=CO)C(=O)[C@@H](C)[C@@H]1CC2. The normalized spacial score (nSPS) is 30.0. The number of carbonyl (C=O) groups excluding carboxylic acids is 1. The molecule has 0 amide bonds. The van der Waals surface area contributed by atoms with Gasteiger partial charge in [0.25, 0.3) is 0 Å². The number of allylic oxidation sites excluding steroid dienone is 1. The van der Waals surface area contributed by atoms with Gasteiger partial charge in [0, 0.05) is 23.1 Å². The summed E-state index contributed by atoms with van der Waals surface area (Å²) in [6, 6.07) is 10.3. The number of aliphatic hydroxyl groups excluding tert-OH is 1. The summed E-state index contributed by atoms with van der Waals surface area (Å²) in [5.74, 6) is 0.839. The number of carbonyl (C=O) groups is 1. The molecule has 1 N–H and O–H groups in total. The molecular weight excluding hydrogens is 312 g/mol. The van der Waals surface area contributed by atoms with Gasteiger partial charge in [-0.3, -0.25) is 4.79 Å². The van der Waals surface area contributed by atoms with Crippen LogP contribution < -0.4 is 0 Å². The van der Waals surface area contributed by atoms with Gasteiger partial charge in [-0.05, 0) is 43.2 Å². The first-order valence-electron chi connectivity index (χ1n) is 8.84. The second-order valence-electron chi connectivity index (χ2n) is 7.26. The molecule has 2 aliphatic carbocycles. The Bertz CT molecular complexity index is 859. The molecular formula is C21H22N2O2. The number of aromatic nitrogens is 2. The van der Waals surface area contributed by atoms with Gasteiger partial charge in [0.2, 0.25) is 0 Å². The van der Waals surface area contributed by atoms with E-state index in [0.717, 1.165) is 41.7 Å². The number of aliphatic hydroxyl groups is 1. The second kappa shape index (κ2) is 5.80. The third-order valence-electron chi connectivity index (χ3n) is 6.01. The van der Waals surface area contributed by atoms with Crippen LogP contribution in [0, 0.1) is 18.8 Å². The first-order chi connectivity index (χ1) is 12.1. The van der Waals surface area contributed by atoms with Crippen molar-refractivity contribution in [1.82, 2.24) is 9.97 Å². The Morgan fingerprint density at radius 2 is 2.04 bits per heavy atom.